The molecule has 0 unspecified atom stereocenters. The maximum absolute atomic E-state index is 11.2. The second-order valence-corrected chi connectivity index (χ2v) is 3.65. The van der Waals surface area contributed by atoms with Gasteiger partial charge in [-0.3, -0.25) is 9.59 Å². The second kappa shape index (κ2) is 5.16. The van der Waals surface area contributed by atoms with Crippen molar-refractivity contribution in [2.24, 2.45) is 0 Å². The first kappa shape index (κ1) is 12.5. The van der Waals surface area contributed by atoms with E-state index in [-0.39, 0.29) is 24.6 Å². The fourth-order valence-corrected chi connectivity index (χ4v) is 1.36. The molecule has 19 heavy (non-hydrogen) atoms. The van der Waals surface area contributed by atoms with E-state index in [0.717, 1.165) is 0 Å². The first-order chi connectivity index (χ1) is 9.06. The maximum atomic E-state index is 11.2. The SMILES string of the molecule is Nc1c(NCc2cn(CC(=O)O)nn2)nc[nH]c1=O. The van der Waals surface area contributed by atoms with Gasteiger partial charge in [0, 0.05) is 0 Å². The van der Waals surface area contributed by atoms with Crippen LogP contribution < -0.4 is 16.6 Å². The van der Waals surface area contributed by atoms with Gasteiger partial charge in [-0.1, -0.05) is 5.21 Å². The number of anilines is 2. The number of nitrogens with one attached hydrogen (secondary N) is 2. The molecule has 0 atom stereocenters. The van der Waals surface area contributed by atoms with Crippen LogP contribution in [0.2, 0.25) is 0 Å². The summed E-state index contributed by atoms with van der Waals surface area (Å²) in [7, 11) is 0. The van der Waals surface area contributed by atoms with Gasteiger partial charge in [-0.25, -0.2) is 9.67 Å². The van der Waals surface area contributed by atoms with Crippen LogP contribution >= 0.6 is 0 Å². The summed E-state index contributed by atoms with van der Waals surface area (Å²) in [6.07, 6.45) is 2.70. The van der Waals surface area contributed by atoms with Crippen LogP contribution in [0, 0.1) is 0 Å². The van der Waals surface area contributed by atoms with E-state index >= 15 is 0 Å². The molecule has 0 saturated heterocycles. The smallest absolute Gasteiger partial charge is 0.325 e. The van der Waals surface area contributed by atoms with Gasteiger partial charge in [0.25, 0.3) is 5.56 Å². The van der Waals surface area contributed by atoms with E-state index in [1.54, 1.807) is 0 Å². The van der Waals surface area contributed by atoms with E-state index in [2.05, 4.69) is 25.6 Å². The van der Waals surface area contributed by atoms with E-state index in [1.807, 2.05) is 0 Å². The summed E-state index contributed by atoms with van der Waals surface area (Å²) in [5.74, 6) is -0.776. The van der Waals surface area contributed by atoms with Crippen molar-refractivity contribution >= 4 is 17.5 Å². The number of H-pyrrole nitrogens is 1. The second-order valence-electron chi connectivity index (χ2n) is 3.65. The lowest BCUT2D eigenvalue weighted by Crippen LogP contribution is -2.16. The van der Waals surface area contributed by atoms with Crippen molar-refractivity contribution in [2.45, 2.75) is 13.1 Å². The molecule has 2 aromatic heterocycles. The van der Waals surface area contributed by atoms with Gasteiger partial charge in [-0.05, 0) is 0 Å². The number of rotatable bonds is 5. The van der Waals surface area contributed by atoms with Crippen LogP contribution in [-0.2, 0) is 17.9 Å². The Morgan fingerprint density at radius 3 is 3.11 bits per heavy atom. The topological polar surface area (TPSA) is 152 Å². The fraction of sp³-hybridized carbons (Fsp3) is 0.222. The summed E-state index contributed by atoms with van der Waals surface area (Å²) < 4.78 is 1.19. The lowest BCUT2D eigenvalue weighted by atomic mass is 10.4. The van der Waals surface area contributed by atoms with E-state index in [1.165, 1.54) is 17.2 Å². The van der Waals surface area contributed by atoms with E-state index in [0.29, 0.717) is 5.69 Å². The first-order valence-electron chi connectivity index (χ1n) is 5.24. The number of carbonyl (C=O) groups is 1. The monoisotopic (exact) mass is 265 g/mol. The number of nitrogen functional groups attached to an aromatic ring is 1. The van der Waals surface area contributed by atoms with Crippen molar-refractivity contribution in [3.05, 3.63) is 28.6 Å². The number of hydrogen-bond donors (Lipinski definition) is 4. The summed E-state index contributed by atoms with van der Waals surface area (Å²) >= 11 is 0. The van der Waals surface area contributed by atoms with Gasteiger partial charge in [0.1, 0.15) is 17.9 Å². The number of hydrogen-bond acceptors (Lipinski definition) is 7. The number of aliphatic carboxylic acids is 1. The number of carboxylic acid groups (broad SMARTS) is 1. The molecular weight excluding hydrogens is 254 g/mol. The minimum atomic E-state index is -1.01. The molecule has 100 valence electrons. The standard InChI is InChI=1S/C9H11N7O3/c10-7-8(12-4-13-9(7)19)11-1-5-2-16(15-14-5)3-6(17)18/h2,4H,1,3,10H2,(H,17,18)(H2,11,12,13,19). The zero-order valence-corrected chi connectivity index (χ0v) is 9.70. The number of aromatic amines is 1. The minimum Gasteiger partial charge on any atom is -0.480 e. The average molecular weight is 265 g/mol. The maximum Gasteiger partial charge on any atom is 0.325 e. The zero-order valence-electron chi connectivity index (χ0n) is 9.70. The van der Waals surface area contributed by atoms with Gasteiger partial charge in [0.2, 0.25) is 0 Å². The van der Waals surface area contributed by atoms with Gasteiger partial charge >= 0.3 is 5.97 Å². The normalized spacial score (nSPS) is 10.3. The molecule has 0 aliphatic heterocycles. The Labute approximate surface area is 106 Å². The Balaban J connectivity index is 2.02. The van der Waals surface area contributed by atoms with Gasteiger partial charge in [-0.15, -0.1) is 5.10 Å². The summed E-state index contributed by atoms with van der Waals surface area (Å²) in [4.78, 5) is 27.9. The highest BCUT2D eigenvalue weighted by Gasteiger charge is 2.07. The Kier molecular flexibility index (Phi) is 3.41. The van der Waals surface area contributed by atoms with Gasteiger partial charge in [0.05, 0.1) is 19.1 Å². The van der Waals surface area contributed by atoms with Crippen LogP contribution in [-0.4, -0.2) is 36.0 Å². The molecule has 2 heterocycles. The molecular formula is C9H11N7O3. The molecule has 10 nitrogen and oxygen atoms in total. The van der Waals surface area contributed by atoms with E-state index < -0.39 is 11.5 Å². The highest BCUT2D eigenvalue weighted by Crippen LogP contribution is 2.08. The molecule has 5 N–H and O–H groups in total. The van der Waals surface area contributed by atoms with Crippen molar-refractivity contribution in [2.75, 3.05) is 11.1 Å². The molecule has 0 amide bonds. The number of nitrogens with two attached hydrogens (primary N) is 1. The fourth-order valence-electron chi connectivity index (χ4n) is 1.36. The predicted molar refractivity (Wildman–Crippen MR) is 64.3 cm³/mol. The minimum absolute atomic E-state index is 0.0274. The third-order valence-electron chi connectivity index (χ3n) is 2.21. The highest BCUT2D eigenvalue weighted by molar-refractivity contribution is 5.66. The molecule has 0 radical (unpaired) electrons. The van der Waals surface area contributed by atoms with Crippen LogP contribution in [0.1, 0.15) is 5.69 Å². The quantitative estimate of drug-likeness (QED) is 0.517. The van der Waals surface area contributed by atoms with Crippen molar-refractivity contribution in [3.8, 4) is 0 Å². The predicted octanol–water partition coefficient (Wildman–Crippen LogP) is -1.36. The Bertz CT molecular complexity index is 647. The molecule has 0 fully saturated rings. The molecule has 2 aromatic rings. The summed E-state index contributed by atoms with van der Waals surface area (Å²) in [5.41, 5.74) is 5.57. The van der Waals surface area contributed by atoms with Gasteiger partial charge in [-0.2, -0.15) is 0 Å². The van der Waals surface area contributed by atoms with Crippen LogP contribution in [0.3, 0.4) is 0 Å². The summed E-state index contributed by atoms with van der Waals surface area (Å²) in [6.45, 7) is -0.0430. The van der Waals surface area contributed by atoms with Crippen LogP contribution in [0.4, 0.5) is 11.5 Å². The molecule has 2 rings (SSSR count). The van der Waals surface area contributed by atoms with Crippen molar-refractivity contribution in [1.82, 2.24) is 25.0 Å². The van der Waals surface area contributed by atoms with E-state index in [9.17, 15) is 9.59 Å². The number of nitrogens with zero attached hydrogens (tertiary/aromatic N) is 4. The number of carboxylic acids is 1. The largest absolute Gasteiger partial charge is 0.480 e. The van der Waals surface area contributed by atoms with Crippen molar-refractivity contribution < 1.29 is 9.90 Å². The van der Waals surface area contributed by atoms with Crippen molar-refractivity contribution in [3.63, 3.8) is 0 Å². The average Bonchev–Trinajstić information content (AvgIpc) is 2.78. The molecule has 0 bridgehead atoms. The van der Waals surface area contributed by atoms with Gasteiger partial charge in [0.15, 0.2) is 5.82 Å². The Morgan fingerprint density at radius 1 is 1.58 bits per heavy atom. The first-order valence-corrected chi connectivity index (χ1v) is 5.24. The Hall–Kier alpha value is -2.91. The molecule has 10 heteroatoms. The highest BCUT2D eigenvalue weighted by atomic mass is 16.4. The summed E-state index contributed by atoms with van der Waals surface area (Å²) in [6, 6.07) is 0. The van der Waals surface area contributed by atoms with Crippen LogP contribution in [0.15, 0.2) is 17.3 Å². The molecule has 0 aliphatic carbocycles. The van der Waals surface area contributed by atoms with Crippen LogP contribution in [0.5, 0.6) is 0 Å². The van der Waals surface area contributed by atoms with E-state index in [4.69, 9.17) is 10.8 Å². The van der Waals surface area contributed by atoms with Crippen molar-refractivity contribution in [1.29, 1.82) is 0 Å². The number of aromatic nitrogens is 5. The molecule has 0 spiro atoms. The lowest BCUT2D eigenvalue weighted by molar-refractivity contribution is -0.137. The third-order valence-corrected chi connectivity index (χ3v) is 2.21. The Morgan fingerprint density at radius 2 is 2.37 bits per heavy atom. The molecule has 0 aromatic carbocycles. The molecule has 0 aliphatic rings. The summed E-state index contributed by atoms with van der Waals surface area (Å²) in [5, 5.41) is 18.8. The molecule has 0 saturated carbocycles. The van der Waals surface area contributed by atoms with Gasteiger partial charge < -0.3 is 21.1 Å². The third kappa shape index (κ3) is 3.06. The lowest BCUT2D eigenvalue weighted by Gasteiger charge is -2.04. The zero-order chi connectivity index (χ0) is 13.8. The van der Waals surface area contributed by atoms with Crippen LogP contribution in [0.25, 0.3) is 0 Å².